The maximum Gasteiger partial charge on any atom is 0.261 e. The van der Waals surface area contributed by atoms with Crippen LogP contribution >= 0.6 is 11.3 Å². The van der Waals surface area contributed by atoms with Gasteiger partial charge in [-0.1, -0.05) is 11.2 Å². The fourth-order valence-corrected chi connectivity index (χ4v) is 2.76. The van der Waals surface area contributed by atoms with Gasteiger partial charge in [-0.3, -0.25) is 0 Å². The van der Waals surface area contributed by atoms with Crippen LogP contribution in [-0.4, -0.2) is 10.1 Å². The summed E-state index contributed by atoms with van der Waals surface area (Å²) in [6, 6.07) is 6.38. The molecule has 2 heterocycles. The largest absolute Gasteiger partial charge is 0.390 e. The predicted molar refractivity (Wildman–Crippen MR) is 76.9 cm³/mol. The highest BCUT2D eigenvalue weighted by Gasteiger charge is 2.16. The first-order valence-electron chi connectivity index (χ1n) is 6.01. The zero-order chi connectivity index (χ0) is 14.3. The second-order valence-corrected chi connectivity index (χ2v) is 5.81. The molecule has 0 spiro atoms. The second kappa shape index (κ2) is 4.72. The van der Waals surface area contributed by atoms with Gasteiger partial charge in [0.2, 0.25) is 5.82 Å². The SMILES string of the molecule is Cc1cc(-c2nc(-c3cc(F)ccc3C)no2)c(N)s1. The van der Waals surface area contributed by atoms with Crippen molar-refractivity contribution in [1.29, 1.82) is 0 Å². The van der Waals surface area contributed by atoms with Crippen molar-refractivity contribution in [2.75, 3.05) is 5.73 Å². The van der Waals surface area contributed by atoms with Crippen LogP contribution in [0.1, 0.15) is 10.4 Å². The molecule has 0 aliphatic carbocycles. The summed E-state index contributed by atoms with van der Waals surface area (Å²) in [5, 5.41) is 4.54. The molecule has 102 valence electrons. The van der Waals surface area contributed by atoms with E-state index in [-0.39, 0.29) is 5.82 Å². The maximum atomic E-state index is 13.3. The van der Waals surface area contributed by atoms with E-state index >= 15 is 0 Å². The summed E-state index contributed by atoms with van der Waals surface area (Å²) in [4.78, 5) is 5.38. The van der Waals surface area contributed by atoms with Crippen LogP contribution in [0.25, 0.3) is 22.8 Å². The van der Waals surface area contributed by atoms with Crippen molar-refractivity contribution in [3.8, 4) is 22.8 Å². The Morgan fingerprint density at radius 2 is 2.00 bits per heavy atom. The molecule has 4 nitrogen and oxygen atoms in total. The zero-order valence-electron chi connectivity index (χ0n) is 11.0. The number of aryl methyl sites for hydroxylation is 2. The topological polar surface area (TPSA) is 64.9 Å². The Morgan fingerprint density at radius 1 is 1.20 bits per heavy atom. The molecule has 3 rings (SSSR count). The fourth-order valence-electron chi connectivity index (χ4n) is 1.98. The van der Waals surface area contributed by atoms with Gasteiger partial charge < -0.3 is 10.3 Å². The molecule has 2 aromatic heterocycles. The third-order valence-corrected chi connectivity index (χ3v) is 3.86. The molecule has 0 saturated heterocycles. The lowest BCUT2D eigenvalue weighted by molar-refractivity contribution is 0.432. The smallest absolute Gasteiger partial charge is 0.261 e. The third-order valence-electron chi connectivity index (χ3n) is 2.98. The Morgan fingerprint density at radius 3 is 2.70 bits per heavy atom. The van der Waals surface area contributed by atoms with Crippen molar-refractivity contribution in [3.05, 3.63) is 40.5 Å². The predicted octanol–water partition coefficient (Wildman–Crippen LogP) is 3.80. The first-order valence-corrected chi connectivity index (χ1v) is 6.83. The van der Waals surface area contributed by atoms with E-state index in [2.05, 4.69) is 10.1 Å². The van der Waals surface area contributed by atoms with Crippen LogP contribution < -0.4 is 5.73 Å². The van der Waals surface area contributed by atoms with Crippen LogP contribution in [0.4, 0.5) is 9.39 Å². The number of hydrogen-bond donors (Lipinski definition) is 1. The average molecular weight is 289 g/mol. The molecule has 6 heteroatoms. The number of benzene rings is 1. The van der Waals surface area contributed by atoms with Crippen LogP contribution in [0, 0.1) is 19.7 Å². The number of nitrogens with two attached hydrogens (primary N) is 1. The van der Waals surface area contributed by atoms with E-state index in [9.17, 15) is 4.39 Å². The third kappa shape index (κ3) is 2.18. The molecule has 0 radical (unpaired) electrons. The molecule has 0 amide bonds. The van der Waals surface area contributed by atoms with E-state index in [4.69, 9.17) is 10.3 Å². The average Bonchev–Trinajstić information content (AvgIpc) is 2.99. The van der Waals surface area contributed by atoms with Crippen molar-refractivity contribution < 1.29 is 8.91 Å². The van der Waals surface area contributed by atoms with Gasteiger partial charge in [0.1, 0.15) is 5.82 Å². The Kier molecular flexibility index (Phi) is 3.02. The zero-order valence-corrected chi connectivity index (χ0v) is 11.8. The minimum absolute atomic E-state index is 0.331. The van der Waals surface area contributed by atoms with Crippen LogP contribution in [0.5, 0.6) is 0 Å². The Hall–Kier alpha value is -2.21. The summed E-state index contributed by atoms with van der Waals surface area (Å²) in [6.45, 7) is 3.83. The summed E-state index contributed by atoms with van der Waals surface area (Å²) in [5.74, 6) is 0.383. The number of nitrogens with zero attached hydrogens (tertiary/aromatic N) is 2. The molecular weight excluding hydrogens is 277 g/mol. The molecule has 1 aromatic carbocycles. The molecule has 0 saturated carbocycles. The summed E-state index contributed by atoms with van der Waals surface area (Å²) in [6.07, 6.45) is 0. The Balaban J connectivity index is 2.06. The lowest BCUT2D eigenvalue weighted by Crippen LogP contribution is -1.88. The number of halogens is 1. The molecule has 0 unspecified atom stereocenters. The van der Waals surface area contributed by atoms with Gasteiger partial charge in [0.05, 0.1) is 10.6 Å². The van der Waals surface area contributed by atoms with Gasteiger partial charge in [-0.2, -0.15) is 4.98 Å². The molecule has 0 fully saturated rings. The minimum Gasteiger partial charge on any atom is -0.390 e. The first-order chi connectivity index (χ1) is 9.54. The van der Waals surface area contributed by atoms with Gasteiger partial charge in [0.25, 0.3) is 5.89 Å². The molecule has 20 heavy (non-hydrogen) atoms. The quantitative estimate of drug-likeness (QED) is 0.779. The molecule has 0 atom stereocenters. The minimum atomic E-state index is -0.331. The highest BCUT2D eigenvalue weighted by molar-refractivity contribution is 7.16. The lowest BCUT2D eigenvalue weighted by atomic mass is 10.1. The number of nitrogen functional groups attached to an aromatic ring is 1. The van der Waals surface area contributed by atoms with E-state index in [0.717, 1.165) is 16.0 Å². The molecule has 0 aliphatic heterocycles. The highest BCUT2D eigenvalue weighted by atomic mass is 32.1. The highest BCUT2D eigenvalue weighted by Crippen LogP contribution is 2.33. The fraction of sp³-hybridized carbons (Fsp3) is 0.143. The number of aromatic nitrogens is 2. The molecule has 0 aliphatic rings. The maximum absolute atomic E-state index is 13.3. The normalized spacial score (nSPS) is 10.9. The standard InChI is InChI=1S/C14H12FN3OS/c1-7-3-4-9(15)6-10(7)13-17-14(19-18-13)11-5-8(2)20-12(11)16/h3-6H,16H2,1-2H3. The Labute approximate surface area is 119 Å². The Bertz CT molecular complexity index is 779. The van der Waals surface area contributed by atoms with E-state index in [1.807, 2.05) is 19.9 Å². The first kappa shape index (κ1) is 12.8. The van der Waals surface area contributed by atoms with Crippen LogP contribution in [-0.2, 0) is 0 Å². The summed E-state index contributed by atoms with van der Waals surface area (Å²) >= 11 is 1.46. The summed E-state index contributed by atoms with van der Waals surface area (Å²) < 4.78 is 18.6. The molecule has 2 N–H and O–H groups in total. The molecular formula is C14H12FN3OS. The van der Waals surface area contributed by atoms with Crippen molar-refractivity contribution in [2.45, 2.75) is 13.8 Å². The van der Waals surface area contributed by atoms with Crippen LogP contribution in [0.15, 0.2) is 28.8 Å². The monoisotopic (exact) mass is 289 g/mol. The molecule has 0 bridgehead atoms. The van der Waals surface area contributed by atoms with E-state index in [0.29, 0.717) is 22.3 Å². The van der Waals surface area contributed by atoms with Crippen LogP contribution in [0.2, 0.25) is 0 Å². The van der Waals surface area contributed by atoms with Gasteiger partial charge >= 0.3 is 0 Å². The number of thiophene rings is 1. The van der Waals surface area contributed by atoms with E-state index < -0.39 is 0 Å². The number of anilines is 1. The van der Waals surface area contributed by atoms with E-state index in [1.165, 1.54) is 23.5 Å². The van der Waals surface area contributed by atoms with Gasteiger partial charge in [-0.25, -0.2) is 4.39 Å². The van der Waals surface area contributed by atoms with Crippen LogP contribution in [0.3, 0.4) is 0 Å². The second-order valence-electron chi connectivity index (χ2n) is 4.52. The van der Waals surface area contributed by atoms with Gasteiger partial charge in [-0.05, 0) is 37.6 Å². The van der Waals surface area contributed by atoms with Crippen molar-refractivity contribution in [3.63, 3.8) is 0 Å². The number of hydrogen-bond acceptors (Lipinski definition) is 5. The van der Waals surface area contributed by atoms with Gasteiger partial charge in [-0.15, -0.1) is 11.3 Å². The number of rotatable bonds is 2. The van der Waals surface area contributed by atoms with Crippen molar-refractivity contribution >= 4 is 16.3 Å². The van der Waals surface area contributed by atoms with Gasteiger partial charge in [0.15, 0.2) is 0 Å². The van der Waals surface area contributed by atoms with Gasteiger partial charge in [0, 0.05) is 10.4 Å². The summed E-state index contributed by atoms with van der Waals surface area (Å²) in [7, 11) is 0. The molecule has 3 aromatic rings. The lowest BCUT2D eigenvalue weighted by Gasteiger charge is -1.99. The summed E-state index contributed by atoms with van der Waals surface area (Å²) in [5.41, 5.74) is 8.13. The van der Waals surface area contributed by atoms with Crippen molar-refractivity contribution in [2.24, 2.45) is 0 Å². The van der Waals surface area contributed by atoms with E-state index in [1.54, 1.807) is 6.07 Å². The van der Waals surface area contributed by atoms with Crippen molar-refractivity contribution in [1.82, 2.24) is 10.1 Å².